The maximum atomic E-state index is 12.0. The molecule has 1 aromatic heterocycles. The van der Waals surface area contributed by atoms with E-state index in [4.69, 9.17) is 5.11 Å². The van der Waals surface area contributed by atoms with Crippen LogP contribution in [0.1, 0.15) is 41.8 Å². The highest BCUT2D eigenvalue weighted by atomic mass is 32.1. The van der Waals surface area contributed by atoms with E-state index in [1.165, 1.54) is 11.3 Å². The first-order valence-electron chi connectivity index (χ1n) is 7.90. The summed E-state index contributed by atoms with van der Waals surface area (Å²) in [6, 6.07) is 3.61. The van der Waals surface area contributed by atoms with Crippen molar-refractivity contribution in [1.29, 1.82) is 0 Å². The summed E-state index contributed by atoms with van der Waals surface area (Å²) in [7, 11) is 0. The van der Waals surface area contributed by atoms with Crippen LogP contribution in [0.5, 0.6) is 0 Å². The van der Waals surface area contributed by atoms with E-state index in [-0.39, 0.29) is 23.7 Å². The van der Waals surface area contributed by atoms with Crippen LogP contribution < -0.4 is 10.6 Å². The van der Waals surface area contributed by atoms with Gasteiger partial charge in [0, 0.05) is 19.0 Å². The predicted molar refractivity (Wildman–Crippen MR) is 87.4 cm³/mol. The molecule has 2 amide bonds. The molecule has 6 nitrogen and oxygen atoms in total. The molecule has 0 bridgehead atoms. The molecule has 1 aliphatic carbocycles. The molecule has 3 N–H and O–H groups in total. The van der Waals surface area contributed by atoms with Gasteiger partial charge in [-0.05, 0) is 43.6 Å². The second-order valence-corrected chi connectivity index (χ2v) is 6.71. The molecule has 23 heavy (non-hydrogen) atoms. The number of carbonyl (C=O) groups excluding carboxylic acids is 2. The van der Waals surface area contributed by atoms with Crippen LogP contribution in [0.4, 0.5) is 0 Å². The second-order valence-electron chi connectivity index (χ2n) is 5.76. The van der Waals surface area contributed by atoms with Crippen molar-refractivity contribution in [3.8, 4) is 0 Å². The van der Waals surface area contributed by atoms with E-state index < -0.39 is 5.97 Å². The van der Waals surface area contributed by atoms with Gasteiger partial charge in [-0.2, -0.15) is 0 Å². The molecule has 0 radical (unpaired) electrons. The summed E-state index contributed by atoms with van der Waals surface area (Å²) < 4.78 is 0. The Kier molecular flexibility index (Phi) is 6.58. The van der Waals surface area contributed by atoms with Crippen LogP contribution in [0.25, 0.3) is 0 Å². The van der Waals surface area contributed by atoms with Gasteiger partial charge >= 0.3 is 5.97 Å². The van der Waals surface area contributed by atoms with Crippen molar-refractivity contribution in [2.24, 2.45) is 11.8 Å². The molecule has 0 aromatic carbocycles. The van der Waals surface area contributed by atoms with E-state index in [9.17, 15) is 14.4 Å². The minimum atomic E-state index is -0.759. The van der Waals surface area contributed by atoms with E-state index >= 15 is 0 Å². The smallest absolute Gasteiger partial charge is 0.306 e. The summed E-state index contributed by atoms with van der Waals surface area (Å²) in [5.74, 6) is -1.22. The van der Waals surface area contributed by atoms with Crippen LogP contribution in [0.2, 0.25) is 0 Å². The molecule has 1 heterocycles. The van der Waals surface area contributed by atoms with Gasteiger partial charge in [-0.25, -0.2) is 0 Å². The van der Waals surface area contributed by atoms with Gasteiger partial charge in [-0.1, -0.05) is 6.07 Å². The fraction of sp³-hybridized carbons (Fsp3) is 0.562. The fourth-order valence-electron chi connectivity index (χ4n) is 2.74. The van der Waals surface area contributed by atoms with Gasteiger partial charge in [-0.3, -0.25) is 14.4 Å². The zero-order valence-electron chi connectivity index (χ0n) is 12.9. The van der Waals surface area contributed by atoms with E-state index in [1.807, 2.05) is 11.4 Å². The predicted octanol–water partition coefficient (Wildman–Crippen LogP) is 1.88. The van der Waals surface area contributed by atoms with Crippen molar-refractivity contribution >= 4 is 29.1 Å². The van der Waals surface area contributed by atoms with Crippen LogP contribution >= 0.6 is 11.3 Å². The lowest BCUT2D eigenvalue weighted by Gasteiger charge is -2.25. The Labute approximate surface area is 139 Å². The van der Waals surface area contributed by atoms with Crippen molar-refractivity contribution in [1.82, 2.24) is 10.6 Å². The maximum absolute atomic E-state index is 12.0. The average molecular weight is 338 g/mol. The largest absolute Gasteiger partial charge is 0.481 e. The van der Waals surface area contributed by atoms with E-state index in [1.54, 1.807) is 6.07 Å². The third kappa shape index (κ3) is 5.35. The summed E-state index contributed by atoms with van der Waals surface area (Å²) in [6.45, 7) is 1.03. The first-order chi connectivity index (χ1) is 11.1. The molecule has 7 heteroatoms. The summed E-state index contributed by atoms with van der Waals surface area (Å²) in [5.41, 5.74) is 0. The first kappa shape index (κ1) is 17.5. The van der Waals surface area contributed by atoms with Gasteiger partial charge in [-0.15, -0.1) is 11.3 Å². The fourth-order valence-corrected chi connectivity index (χ4v) is 3.38. The Balaban J connectivity index is 1.57. The van der Waals surface area contributed by atoms with E-state index in [0.29, 0.717) is 50.1 Å². The number of hydrogen-bond donors (Lipinski definition) is 3. The number of carbonyl (C=O) groups is 3. The standard InChI is InChI=1S/C16H22N2O4S/c19-14(11-4-6-12(7-5-11)16(21)22)17-8-2-9-18-15(20)13-3-1-10-23-13/h1,3,10-12H,2,4-9H2,(H,17,19)(H,18,20)(H,21,22). The maximum Gasteiger partial charge on any atom is 0.306 e. The number of carboxylic acids is 1. The van der Waals surface area contributed by atoms with Gasteiger partial charge in [0.1, 0.15) is 0 Å². The monoisotopic (exact) mass is 338 g/mol. The summed E-state index contributed by atoms with van der Waals surface area (Å²) >= 11 is 1.40. The quantitative estimate of drug-likeness (QED) is 0.662. The van der Waals surface area contributed by atoms with Gasteiger partial charge in [0.25, 0.3) is 5.91 Å². The van der Waals surface area contributed by atoms with Crippen LogP contribution in [-0.4, -0.2) is 36.0 Å². The van der Waals surface area contributed by atoms with E-state index in [0.717, 1.165) is 0 Å². The average Bonchev–Trinajstić information content (AvgIpc) is 3.08. The van der Waals surface area contributed by atoms with Crippen molar-refractivity contribution in [3.05, 3.63) is 22.4 Å². The molecule has 0 unspecified atom stereocenters. The van der Waals surface area contributed by atoms with Crippen molar-refractivity contribution in [2.75, 3.05) is 13.1 Å². The Morgan fingerprint density at radius 2 is 1.74 bits per heavy atom. The molecule has 1 aliphatic rings. The SMILES string of the molecule is O=C(NCCCNC(=O)C1CCC(C(=O)O)CC1)c1cccs1. The Morgan fingerprint density at radius 3 is 2.35 bits per heavy atom. The van der Waals surface area contributed by atoms with Crippen LogP contribution in [-0.2, 0) is 9.59 Å². The highest BCUT2D eigenvalue weighted by molar-refractivity contribution is 7.12. The molecular formula is C16H22N2O4S. The Bertz CT molecular complexity index is 536. The van der Waals surface area contributed by atoms with E-state index in [2.05, 4.69) is 10.6 Å². The molecule has 0 aliphatic heterocycles. The van der Waals surface area contributed by atoms with Crippen molar-refractivity contribution in [2.45, 2.75) is 32.1 Å². The summed E-state index contributed by atoms with van der Waals surface area (Å²) in [6.07, 6.45) is 3.09. The number of aliphatic carboxylic acids is 1. The summed E-state index contributed by atoms with van der Waals surface area (Å²) in [4.78, 5) is 35.3. The van der Waals surface area contributed by atoms with Crippen molar-refractivity contribution in [3.63, 3.8) is 0 Å². The third-order valence-electron chi connectivity index (χ3n) is 4.13. The van der Waals surface area contributed by atoms with Crippen LogP contribution in [0.3, 0.4) is 0 Å². The molecular weight excluding hydrogens is 316 g/mol. The van der Waals surface area contributed by atoms with Crippen LogP contribution in [0.15, 0.2) is 17.5 Å². The second kappa shape index (κ2) is 8.67. The Morgan fingerprint density at radius 1 is 1.09 bits per heavy atom. The number of carboxylic acid groups (broad SMARTS) is 1. The molecule has 1 aromatic rings. The van der Waals surface area contributed by atoms with Gasteiger partial charge < -0.3 is 15.7 Å². The first-order valence-corrected chi connectivity index (χ1v) is 8.78. The van der Waals surface area contributed by atoms with Crippen molar-refractivity contribution < 1.29 is 19.5 Å². The number of hydrogen-bond acceptors (Lipinski definition) is 4. The zero-order chi connectivity index (χ0) is 16.7. The highest BCUT2D eigenvalue weighted by Crippen LogP contribution is 2.28. The highest BCUT2D eigenvalue weighted by Gasteiger charge is 2.29. The molecule has 0 spiro atoms. The minimum Gasteiger partial charge on any atom is -0.481 e. The molecule has 1 fully saturated rings. The lowest BCUT2D eigenvalue weighted by atomic mass is 9.81. The molecule has 0 atom stereocenters. The molecule has 2 rings (SSSR count). The number of nitrogens with one attached hydrogen (secondary N) is 2. The zero-order valence-corrected chi connectivity index (χ0v) is 13.7. The van der Waals surface area contributed by atoms with Gasteiger partial charge in [0.2, 0.25) is 5.91 Å². The number of amides is 2. The van der Waals surface area contributed by atoms with Gasteiger partial charge in [0.05, 0.1) is 10.8 Å². The van der Waals surface area contributed by atoms with Gasteiger partial charge in [0.15, 0.2) is 0 Å². The number of thiophene rings is 1. The lowest BCUT2D eigenvalue weighted by Crippen LogP contribution is -2.36. The normalized spacial score (nSPS) is 20.7. The minimum absolute atomic E-state index is 0.00146. The molecule has 1 saturated carbocycles. The molecule has 0 saturated heterocycles. The summed E-state index contributed by atoms with van der Waals surface area (Å²) in [5, 5.41) is 16.5. The number of rotatable bonds is 7. The lowest BCUT2D eigenvalue weighted by molar-refractivity contribution is -0.144. The Hall–Kier alpha value is -1.89. The van der Waals surface area contributed by atoms with Crippen LogP contribution in [0, 0.1) is 11.8 Å². The molecule has 126 valence electrons. The topological polar surface area (TPSA) is 95.5 Å². The third-order valence-corrected chi connectivity index (χ3v) is 5.00.